The van der Waals surface area contributed by atoms with Crippen molar-refractivity contribution in [3.63, 3.8) is 0 Å². The number of sulfonamides is 1. The molecule has 0 aromatic carbocycles. The van der Waals surface area contributed by atoms with Crippen molar-refractivity contribution in [2.45, 2.75) is 36.4 Å². The van der Waals surface area contributed by atoms with Crippen molar-refractivity contribution in [1.82, 2.24) is 10.3 Å². The Hall–Kier alpha value is -0.960. The topological polar surface area (TPSA) is 71.1 Å². The summed E-state index contributed by atoms with van der Waals surface area (Å²) >= 11 is 2.66. The summed E-state index contributed by atoms with van der Waals surface area (Å²) in [4.78, 5) is 6.09. The normalized spacial score (nSPS) is 15.3. The molecule has 2 aromatic heterocycles. The Labute approximate surface area is 132 Å². The van der Waals surface area contributed by atoms with Gasteiger partial charge in [-0.15, -0.1) is 22.7 Å². The smallest absolute Gasteiger partial charge is 0.273 e. The maximum atomic E-state index is 12.3. The molecule has 2 N–H and O–H groups in total. The summed E-state index contributed by atoms with van der Waals surface area (Å²) in [6.07, 6.45) is 5.06. The molecule has 1 fully saturated rings. The van der Waals surface area contributed by atoms with Crippen LogP contribution in [0.15, 0.2) is 22.5 Å². The molecule has 5 nitrogen and oxygen atoms in total. The molecule has 2 heterocycles. The third-order valence-corrected chi connectivity index (χ3v) is 7.06. The molecule has 0 bridgehead atoms. The van der Waals surface area contributed by atoms with E-state index < -0.39 is 10.0 Å². The Morgan fingerprint density at radius 2 is 2.14 bits per heavy atom. The third-order valence-electron chi connectivity index (χ3n) is 3.13. The molecule has 0 saturated heterocycles. The summed E-state index contributed by atoms with van der Waals surface area (Å²) in [6.45, 7) is 2.80. The van der Waals surface area contributed by atoms with Gasteiger partial charge in [0.05, 0.1) is 0 Å². The number of aromatic nitrogens is 1. The molecule has 0 spiro atoms. The number of thiophene rings is 1. The van der Waals surface area contributed by atoms with Gasteiger partial charge in [-0.05, 0) is 38.3 Å². The number of anilines is 1. The highest BCUT2D eigenvalue weighted by molar-refractivity contribution is 7.94. The van der Waals surface area contributed by atoms with E-state index in [9.17, 15) is 8.42 Å². The first-order valence-electron chi connectivity index (χ1n) is 6.80. The van der Waals surface area contributed by atoms with Gasteiger partial charge in [-0.3, -0.25) is 4.72 Å². The van der Waals surface area contributed by atoms with E-state index >= 15 is 0 Å². The summed E-state index contributed by atoms with van der Waals surface area (Å²) in [6, 6.07) is 4.24. The van der Waals surface area contributed by atoms with Crippen molar-refractivity contribution in [2.24, 2.45) is 0 Å². The van der Waals surface area contributed by atoms with Gasteiger partial charge in [0.2, 0.25) is 0 Å². The highest BCUT2D eigenvalue weighted by atomic mass is 32.2. The minimum Gasteiger partial charge on any atom is -0.314 e. The second-order valence-electron chi connectivity index (χ2n) is 5.08. The molecule has 0 aliphatic heterocycles. The monoisotopic (exact) mass is 343 g/mol. The number of hydrogen-bond acceptors (Lipinski definition) is 6. The van der Waals surface area contributed by atoms with Crippen molar-refractivity contribution in [1.29, 1.82) is 0 Å². The van der Waals surface area contributed by atoms with Crippen LogP contribution < -0.4 is 10.0 Å². The molecule has 114 valence electrons. The predicted octanol–water partition coefficient (Wildman–Crippen LogP) is 2.61. The highest BCUT2D eigenvalue weighted by Crippen LogP contribution is 2.26. The molecule has 2 aromatic rings. The van der Waals surface area contributed by atoms with Gasteiger partial charge in [0.1, 0.15) is 4.21 Å². The van der Waals surface area contributed by atoms with Crippen molar-refractivity contribution in [3.05, 3.63) is 28.1 Å². The van der Waals surface area contributed by atoms with Crippen molar-refractivity contribution < 1.29 is 8.42 Å². The molecule has 1 aliphatic rings. The van der Waals surface area contributed by atoms with Crippen LogP contribution in [-0.2, 0) is 16.4 Å². The molecule has 3 rings (SSSR count). The van der Waals surface area contributed by atoms with E-state index in [1.165, 1.54) is 35.5 Å². The number of nitrogens with one attached hydrogen (secondary N) is 2. The summed E-state index contributed by atoms with van der Waals surface area (Å²) < 4.78 is 27.4. The number of rotatable bonds is 7. The van der Waals surface area contributed by atoms with Crippen LogP contribution in [-0.4, -0.2) is 26.0 Å². The fourth-order valence-corrected chi connectivity index (χ4v) is 5.15. The number of aryl methyl sites for hydroxylation is 1. The van der Waals surface area contributed by atoms with E-state index in [1.807, 2.05) is 13.0 Å². The van der Waals surface area contributed by atoms with Crippen LogP contribution >= 0.6 is 22.7 Å². The minimum atomic E-state index is -3.51. The Bertz CT molecular complexity index is 717. The maximum Gasteiger partial charge on any atom is 0.273 e. The van der Waals surface area contributed by atoms with E-state index in [1.54, 1.807) is 12.3 Å². The lowest BCUT2D eigenvalue weighted by Crippen LogP contribution is -2.18. The van der Waals surface area contributed by atoms with Crippen LogP contribution in [0, 0.1) is 6.92 Å². The Morgan fingerprint density at radius 1 is 1.33 bits per heavy atom. The zero-order valence-corrected chi connectivity index (χ0v) is 14.1. The Kier molecular flexibility index (Phi) is 4.30. The predicted molar refractivity (Wildman–Crippen MR) is 86.7 cm³/mol. The lowest BCUT2D eigenvalue weighted by atomic mass is 10.3. The SMILES string of the molecule is Cc1cnc(NS(=O)(=O)c2ccc(CCNC3CC3)s2)s1. The van der Waals surface area contributed by atoms with Crippen LogP contribution in [0.5, 0.6) is 0 Å². The van der Waals surface area contributed by atoms with Crippen molar-refractivity contribution >= 4 is 37.8 Å². The second-order valence-corrected chi connectivity index (χ2v) is 9.39. The molecule has 1 aliphatic carbocycles. The number of thiazole rings is 1. The molecule has 0 amide bonds. The van der Waals surface area contributed by atoms with Gasteiger partial charge in [-0.25, -0.2) is 13.4 Å². The lowest BCUT2D eigenvalue weighted by Gasteiger charge is -2.02. The van der Waals surface area contributed by atoms with E-state index in [0.29, 0.717) is 15.4 Å². The molecule has 8 heteroatoms. The zero-order valence-electron chi connectivity index (χ0n) is 11.6. The van der Waals surface area contributed by atoms with Crippen molar-refractivity contribution in [3.8, 4) is 0 Å². The van der Waals surface area contributed by atoms with Crippen LogP contribution in [0.25, 0.3) is 0 Å². The van der Waals surface area contributed by atoms with Crippen LogP contribution in [0.3, 0.4) is 0 Å². The first-order valence-corrected chi connectivity index (χ1v) is 9.92. The fraction of sp³-hybridized carbons (Fsp3) is 0.462. The molecular formula is C13H17N3O2S3. The summed E-state index contributed by atoms with van der Waals surface area (Å²) in [5.41, 5.74) is 0. The van der Waals surface area contributed by atoms with Gasteiger partial charge in [-0.1, -0.05) is 0 Å². The van der Waals surface area contributed by atoms with Crippen LogP contribution in [0.2, 0.25) is 0 Å². The molecule has 0 atom stereocenters. The number of hydrogen-bond donors (Lipinski definition) is 2. The van der Waals surface area contributed by atoms with Gasteiger partial charge in [0.25, 0.3) is 10.0 Å². The van der Waals surface area contributed by atoms with E-state index in [4.69, 9.17) is 0 Å². The van der Waals surface area contributed by atoms with Gasteiger partial charge in [0, 0.05) is 28.5 Å². The first-order chi connectivity index (χ1) is 10.0. The van der Waals surface area contributed by atoms with Crippen LogP contribution in [0.1, 0.15) is 22.6 Å². The van der Waals surface area contributed by atoms with Crippen molar-refractivity contribution in [2.75, 3.05) is 11.3 Å². The average Bonchev–Trinajstić information content (AvgIpc) is 2.94. The Morgan fingerprint density at radius 3 is 2.81 bits per heavy atom. The molecule has 0 radical (unpaired) electrons. The Balaban J connectivity index is 1.62. The quantitative estimate of drug-likeness (QED) is 0.811. The maximum absolute atomic E-state index is 12.3. The van der Waals surface area contributed by atoms with Crippen LogP contribution in [0.4, 0.5) is 5.13 Å². The zero-order chi connectivity index (χ0) is 14.9. The highest BCUT2D eigenvalue weighted by Gasteiger charge is 2.21. The minimum absolute atomic E-state index is 0.344. The van der Waals surface area contributed by atoms with E-state index in [2.05, 4.69) is 15.0 Å². The fourth-order valence-electron chi connectivity index (χ4n) is 1.89. The molecule has 0 unspecified atom stereocenters. The average molecular weight is 343 g/mol. The lowest BCUT2D eigenvalue weighted by molar-refractivity contribution is 0.603. The van der Waals surface area contributed by atoms with Gasteiger partial charge < -0.3 is 5.32 Å². The van der Waals surface area contributed by atoms with E-state index in [0.717, 1.165) is 22.7 Å². The van der Waals surface area contributed by atoms with E-state index in [-0.39, 0.29) is 0 Å². The largest absolute Gasteiger partial charge is 0.314 e. The standard InChI is InChI=1S/C13H17N3O2S3/c1-9-8-15-13(19-9)16-21(17,18)12-5-4-11(20-12)6-7-14-10-2-3-10/h4-5,8,10,14H,2-3,6-7H2,1H3,(H,15,16). The second kappa shape index (κ2) is 6.04. The summed E-state index contributed by atoms with van der Waals surface area (Å²) in [5.74, 6) is 0. The van der Waals surface area contributed by atoms with Gasteiger partial charge in [-0.2, -0.15) is 0 Å². The summed E-state index contributed by atoms with van der Waals surface area (Å²) in [5, 5.41) is 3.84. The summed E-state index contributed by atoms with van der Waals surface area (Å²) in [7, 11) is -3.51. The van der Waals surface area contributed by atoms with Gasteiger partial charge >= 0.3 is 0 Å². The third kappa shape index (κ3) is 4.03. The molecular weight excluding hydrogens is 326 g/mol. The van der Waals surface area contributed by atoms with Gasteiger partial charge in [0.15, 0.2) is 5.13 Å². The first kappa shape index (κ1) is 15.0. The number of nitrogens with zero attached hydrogens (tertiary/aromatic N) is 1. The molecule has 21 heavy (non-hydrogen) atoms. The molecule has 1 saturated carbocycles.